The van der Waals surface area contributed by atoms with Crippen molar-refractivity contribution < 1.29 is 4.42 Å². The third-order valence-electron chi connectivity index (χ3n) is 4.37. The normalized spacial score (nSPS) is 10.9. The molecule has 0 aliphatic heterocycles. The number of hydrogen-bond donors (Lipinski definition) is 1. The molecule has 4 aromatic rings. The fourth-order valence-corrected chi connectivity index (χ4v) is 2.99. The van der Waals surface area contributed by atoms with Crippen molar-refractivity contribution in [3.8, 4) is 11.3 Å². The molecule has 0 bridgehead atoms. The highest BCUT2D eigenvalue weighted by Gasteiger charge is 2.14. The zero-order valence-electron chi connectivity index (χ0n) is 14.2. The van der Waals surface area contributed by atoms with Crippen molar-refractivity contribution in [3.05, 3.63) is 84.1 Å². The summed E-state index contributed by atoms with van der Waals surface area (Å²) in [6.07, 6.45) is 2.72. The number of hydrogen-bond acceptors (Lipinski definition) is 3. The third kappa shape index (κ3) is 3.13. The van der Waals surface area contributed by atoms with Gasteiger partial charge in [-0.2, -0.15) is 0 Å². The van der Waals surface area contributed by atoms with E-state index < -0.39 is 0 Å². The lowest BCUT2D eigenvalue weighted by Gasteiger charge is -2.10. The van der Waals surface area contributed by atoms with Crippen molar-refractivity contribution in [2.24, 2.45) is 0 Å². The number of rotatable bonds is 5. The van der Waals surface area contributed by atoms with Crippen LogP contribution in [0.5, 0.6) is 0 Å². The minimum Gasteiger partial charge on any atom is -0.460 e. The minimum atomic E-state index is 0.746. The summed E-state index contributed by atoms with van der Waals surface area (Å²) in [6, 6.07) is 22.7. The Bertz CT molecular complexity index is 975. The summed E-state index contributed by atoms with van der Waals surface area (Å²) in [4.78, 5) is 4.86. The van der Waals surface area contributed by atoms with Crippen LogP contribution in [0, 0.1) is 0 Å². The van der Waals surface area contributed by atoms with E-state index >= 15 is 0 Å². The predicted molar refractivity (Wildman–Crippen MR) is 103 cm³/mol. The minimum absolute atomic E-state index is 0.746. The molecule has 0 spiro atoms. The molecular formula is C22H20N2O. The smallest absolute Gasteiger partial charge is 0.175 e. The number of benzene rings is 2. The van der Waals surface area contributed by atoms with Crippen molar-refractivity contribution in [1.29, 1.82) is 0 Å². The fourth-order valence-electron chi connectivity index (χ4n) is 2.99. The van der Waals surface area contributed by atoms with Crippen LogP contribution in [0.4, 0.5) is 5.69 Å². The van der Waals surface area contributed by atoms with Crippen LogP contribution in [0.3, 0.4) is 0 Å². The van der Waals surface area contributed by atoms with Crippen LogP contribution in [-0.4, -0.2) is 4.98 Å². The van der Waals surface area contributed by atoms with Gasteiger partial charge in [0.05, 0.1) is 17.6 Å². The van der Waals surface area contributed by atoms with E-state index in [9.17, 15) is 0 Å². The Balaban J connectivity index is 1.77. The van der Waals surface area contributed by atoms with Crippen molar-refractivity contribution in [3.63, 3.8) is 0 Å². The summed E-state index contributed by atoms with van der Waals surface area (Å²) in [5.74, 6) is 0. The summed E-state index contributed by atoms with van der Waals surface area (Å²) >= 11 is 0. The van der Waals surface area contributed by atoms with Crippen molar-refractivity contribution in [2.45, 2.75) is 19.9 Å². The van der Waals surface area contributed by atoms with Gasteiger partial charge >= 0.3 is 0 Å². The van der Waals surface area contributed by atoms with E-state index in [1.165, 1.54) is 5.56 Å². The van der Waals surface area contributed by atoms with Gasteiger partial charge in [0.2, 0.25) is 0 Å². The van der Waals surface area contributed by atoms with E-state index in [0.29, 0.717) is 0 Å². The van der Waals surface area contributed by atoms with Crippen LogP contribution in [0.25, 0.3) is 22.4 Å². The molecule has 2 aromatic heterocycles. The number of anilines is 1. The molecule has 4 rings (SSSR count). The Hall–Kier alpha value is -3.07. The molecule has 0 saturated carbocycles. The third-order valence-corrected chi connectivity index (χ3v) is 4.37. The Labute approximate surface area is 147 Å². The molecule has 25 heavy (non-hydrogen) atoms. The van der Waals surface area contributed by atoms with Gasteiger partial charge in [-0.1, -0.05) is 67.6 Å². The van der Waals surface area contributed by atoms with Crippen molar-refractivity contribution >= 4 is 16.8 Å². The SMILES string of the molecule is CCc1coc2c(NCc3ccccc3)cc(-c3ccccc3)nc12. The monoisotopic (exact) mass is 328 g/mol. The van der Waals surface area contributed by atoms with Crippen molar-refractivity contribution in [1.82, 2.24) is 4.98 Å². The first-order chi connectivity index (χ1) is 12.3. The molecule has 0 aliphatic carbocycles. The lowest BCUT2D eigenvalue weighted by molar-refractivity contribution is 0.611. The largest absolute Gasteiger partial charge is 0.460 e. The maximum atomic E-state index is 5.83. The second-order valence-electron chi connectivity index (χ2n) is 6.05. The molecular weight excluding hydrogens is 308 g/mol. The Morgan fingerprint density at radius 2 is 1.68 bits per heavy atom. The highest BCUT2D eigenvalue weighted by Crippen LogP contribution is 2.31. The zero-order chi connectivity index (χ0) is 17.1. The number of furan rings is 1. The highest BCUT2D eigenvalue weighted by molar-refractivity contribution is 5.91. The number of aryl methyl sites for hydroxylation is 1. The molecule has 0 fully saturated rings. The molecule has 3 heteroatoms. The Morgan fingerprint density at radius 3 is 2.40 bits per heavy atom. The summed E-state index contributed by atoms with van der Waals surface area (Å²) in [7, 11) is 0. The Kier molecular flexibility index (Phi) is 4.21. The fraction of sp³-hybridized carbons (Fsp3) is 0.136. The first kappa shape index (κ1) is 15.5. The summed E-state index contributed by atoms with van der Waals surface area (Å²) in [6.45, 7) is 2.87. The molecule has 0 aliphatic rings. The van der Waals surface area contributed by atoms with Crippen LogP contribution in [0.15, 0.2) is 77.4 Å². The van der Waals surface area contributed by atoms with Gasteiger partial charge in [-0.05, 0) is 18.1 Å². The molecule has 2 heterocycles. The van der Waals surface area contributed by atoms with E-state index in [-0.39, 0.29) is 0 Å². The predicted octanol–water partition coefficient (Wildman–Crippen LogP) is 5.67. The van der Waals surface area contributed by atoms with E-state index in [1.807, 2.05) is 30.5 Å². The second kappa shape index (κ2) is 6.81. The average molecular weight is 328 g/mol. The highest BCUT2D eigenvalue weighted by atomic mass is 16.3. The molecule has 0 unspecified atom stereocenters. The van der Waals surface area contributed by atoms with E-state index in [4.69, 9.17) is 9.40 Å². The number of pyridine rings is 1. The van der Waals surface area contributed by atoms with Crippen LogP contribution >= 0.6 is 0 Å². The summed E-state index contributed by atoms with van der Waals surface area (Å²) < 4.78 is 5.83. The summed E-state index contributed by atoms with van der Waals surface area (Å²) in [5, 5.41) is 3.52. The molecule has 0 radical (unpaired) electrons. The maximum absolute atomic E-state index is 5.83. The van der Waals surface area contributed by atoms with E-state index in [0.717, 1.165) is 46.6 Å². The lowest BCUT2D eigenvalue weighted by Crippen LogP contribution is -2.01. The molecule has 124 valence electrons. The number of nitrogens with zero attached hydrogens (tertiary/aromatic N) is 1. The first-order valence-electron chi connectivity index (χ1n) is 8.59. The summed E-state index contributed by atoms with van der Waals surface area (Å²) in [5.41, 5.74) is 7.18. The number of aromatic nitrogens is 1. The lowest BCUT2D eigenvalue weighted by atomic mass is 10.1. The topological polar surface area (TPSA) is 38.1 Å². The zero-order valence-corrected chi connectivity index (χ0v) is 14.2. The molecule has 3 nitrogen and oxygen atoms in total. The van der Waals surface area contributed by atoms with Gasteiger partial charge in [-0.3, -0.25) is 0 Å². The Morgan fingerprint density at radius 1 is 0.960 bits per heavy atom. The van der Waals surface area contributed by atoms with E-state index in [2.05, 4.69) is 54.7 Å². The van der Waals surface area contributed by atoms with Crippen LogP contribution in [0.1, 0.15) is 18.1 Å². The molecule has 0 amide bonds. The van der Waals surface area contributed by atoms with Crippen LogP contribution in [0.2, 0.25) is 0 Å². The average Bonchev–Trinajstić information content (AvgIpc) is 3.11. The van der Waals surface area contributed by atoms with Gasteiger partial charge in [0.25, 0.3) is 0 Å². The van der Waals surface area contributed by atoms with Crippen LogP contribution < -0.4 is 5.32 Å². The van der Waals surface area contributed by atoms with Gasteiger partial charge < -0.3 is 9.73 Å². The first-order valence-corrected chi connectivity index (χ1v) is 8.59. The maximum Gasteiger partial charge on any atom is 0.175 e. The van der Waals surface area contributed by atoms with Gasteiger partial charge in [-0.25, -0.2) is 4.98 Å². The number of nitrogens with one attached hydrogen (secondary N) is 1. The molecule has 2 aromatic carbocycles. The number of fused-ring (bicyclic) bond motifs is 1. The molecule has 1 N–H and O–H groups in total. The van der Waals surface area contributed by atoms with Crippen molar-refractivity contribution in [2.75, 3.05) is 5.32 Å². The van der Waals surface area contributed by atoms with Gasteiger partial charge in [0, 0.05) is 17.7 Å². The standard InChI is InChI=1S/C22H20N2O/c1-2-17-15-25-22-20(23-14-16-9-5-3-6-10-16)13-19(24-21(17)22)18-11-7-4-8-12-18/h3-13,15H,2,14H2,1H3,(H,23,24). The van der Waals surface area contributed by atoms with Gasteiger partial charge in [0.15, 0.2) is 5.58 Å². The molecule has 0 atom stereocenters. The molecule has 0 saturated heterocycles. The van der Waals surface area contributed by atoms with Gasteiger partial charge in [0.1, 0.15) is 5.52 Å². The van der Waals surface area contributed by atoms with Gasteiger partial charge in [-0.15, -0.1) is 0 Å². The second-order valence-corrected chi connectivity index (χ2v) is 6.05. The van der Waals surface area contributed by atoms with E-state index in [1.54, 1.807) is 0 Å². The quantitative estimate of drug-likeness (QED) is 0.513. The van der Waals surface area contributed by atoms with Crippen LogP contribution in [-0.2, 0) is 13.0 Å².